The SMILES string of the molecule is CCCC(C)N1C2COCC1CC(=NO)C2. The van der Waals surface area contributed by atoms with Gasteiger partial charge in [-0.05, 0) is 13.3 Å². The Hall–Kier alpha value is -0.610. The van der Waals surface area contributed by atoms with Gasteiger partial charge in [0.05, 0.1) is 18.9 Å². The quantitative estimate of drug-likeness (QED) is 0.590. The van der Waals surface area contributed by atoms with E-state index in [1.54, 1.807) is 0 Å². The van der Waals surface area contributed by atoms with Gasteiger partial charge in [0.25, 0.3) is 0 Å². The predicted molar refractivity (Wildman–Crippen MR) is 63.1 cm³/mol. The van der Waals surface area contributed by atoms with E-state index in [4.69, 9.17) is 9.94 Å². The third-order valence-electron chi connectivity index (χ3n) is 3.76. The summed E-state index contributed by atoms with van der Waals surface area (Å²) >= 11 is 0. The van der Waals surface area contributed by atoms with E-state index in [0.717, 1.165) is 31.8 Å². The van der Waals surface area contributed by atoms with Crippen molar-refractivity contribution in [2.24, 2.45) is 5.16 Å². The number of ether oxygens (including phenoxy) is 1. The van der Waals surface area contributed by atoms with Crippen molar-refractivity contribution in [1.82, 2.24) is 4.90 Å². The van der Waals surface area contributed by atoms with Crippen LogP contribution in [0.4, 0.5) is 0 Å². The molecule has 2 aliphatic rings. The molecule has 4 heteroatoms. The molecule has 92 valence electrons. The van der Waals surface area contributed by atoms with Crippen molar-refractivity contribution in [1.29, 1.82) is 0 Å². The molecule has 1 N–H and O–H groups in total. The molecule has 0 spiro atoms. The molecule has 3 unspecified atom stereocenters. The van der Waals surface area contributed by atoms with E-state index in [9.17, 15) is 0 Å². The number of nitrogens with zero attached hydrogens (tertiary/aromatic N) is 2. The van der Waals surface area contributed by atoms with Crippen molar-refractivity contribution in [3.63, 3.8) is 0 Å². The fraction of sp³-hybridized carbons (Fsp3) is 0.917. The van der Waals surface area contributed by atoms with E-state index in [0.29, 0.717) is 18.1 Å². The summed E-state index contributed by atoms with van der Waals surface area (Å²) in [6.07, 6.45) is 4.18. The molecule has 0 amide bonds. The van der Waals surface area contributed by atoms with Gasteiger partial charge in [-0.2, -0.15) is 0 Å². The first-order valence-corrected chi connectivity index (χ1v) is 6.31. The van der Waals surface area contributed by atoms with Crippen LogP contribution < -0.4 is 0 Å². The van der Waals surface area contributed by atoms with Crippen LogP contribution in [0.1, 0.15) is 39.5 Å². The van der Waals surface area contributed by atoms with Crippen LogP contribution in [-0.4, -0.2) is 47.2 Å². The normalized spacial score (nSPS) is 32.5. The summed E-state index contributed by atoms with van der Waals surface area (Å²) in [6, 6.07) is 1.45. The second-order valence-corrected chi connectivity index (χ2v) is 5.00. The summed E-state index contributed by atoms with van der Waals surface area (Å²) in [5.74, 6) is 0. The smallest absolute Gasteiger partial charge is 0.0626 e. The average molecular weight is 226 g/mol. The highest BCUT2D eigenvalue weighted by molar-refractivity contribution is 5.86. The van der Waals surface area contributed by atoms with Gasteiger partial charge in [-0.15, -0.1) is 0 Å². The summed E-state index contributed by atoms with van der Waals surface area (Å²) in [5, 5.41) is 12.3. The fourth-order valence-corrected chi connectivity index (χ4v) is 3.13. The number of piperidine rings is 1. The molecule has 0 aromatic carbocycles. The van der Waals surface area contributed by atoms with Crippen LogP contribution in [0.5, 0.6) is 0 Å². The lowest BCUT2D eigenvalue weighted by Gasteiger charge is -2.48. The third-order valence-corrected chi connectivity index (χ3v) is 3.76. The van der Waals surface area contributed by atoms with Gasteiger partial charge in [-0.25, -0.2) is 0 Å². The van der Waals surface area contributed by atoms with Crippen molar-refractivity contribution in [2.75, 3.05) is 13.2 Å². The molecule has 0 aromatic rings. The number of hydrogen-bond donors (Lipinski definition) is 1. The lowest BCUT2D eigenvalue weighted by Crippen LogP contribution is -2.60. The van der Waals surface area contributed by atoms with E-state index in [2.05, 4.69) is 23.9 Å². The molecular weight excluding hydrogens is 204 g/mol. The first-order valence-electron chi connectivity index (χ1n) is 6.31. The zero-order chi connectivity index (χ0) is 11.5. The van der Waals surface area contributed by atoms with Gasteiger partial charge >= 0.3 is 0 Å². The Bertz CT molecular complexity index is 252. The Morgan fingerprint density at radius 3 is 2.56 bits per heavy atom. The van der Waals surface area contributed by atoms with E-state index in [-0.39, 0.29) is 0 Å². The molecule has 2 heterocycles. The second kappa shape index (κ2) is 5.15. The van der Waals surface area contributed by atoms with Gasteiger partial charge in [0.2, 0.25) is 0 Å². The maximum Gasteiger partial charge on any atom is 0.0626 e. The van der Waals surface area contributed by atoms with E-state index in [1.165, 1.54) is 12.8 Å². The standard InChI is InChI=1S/C12H22N2O2/c1-3-4-9(2)14-11-5-10(13-15)6-12(14)8-16-7-11/h9,11-12,15H,3-8H2,1-2H3. The number of hydrogen-bond acceptors (Lipinski definition) is 4. The highest BCUT2D eigenvalue weighted by Gasteiger charge is 2.39. The summed E-state index contributed by atoms with van der Waals surface area (Å²) < 4.78 is 5.61. The van der Waals surface area contributed by atoms with Crippen LogP contribution >= 0.6 is 0 Å². The number of oxime groups is 1. The lowest BCUT2D eigenvalue weighted by molar-refractivity contribution is -0.0722. The maximum absolute atomic E-state index is 8.90. The fourth-order valence-electron chi connectivity index (χ4n) is 3.13. The van der Waals surface area contributed by atoms with Gasteiger partial charge in [0.15, 0.2) is 0 Å². The maximum atomic E-state index is 8.90. The van der Waals surface area contributed by atoms with Crippen LogP contribution in [-0.2, 0) is 4.74 Å². The van der Waals surface area contributed by atoms with Crippen molar-refractivity contribution in [3.8, 4) is 0 Å². The molecule has 2 bridgehead atoms. The van der Waals surface area contributed by atoms with Crippen molar-refractivity contribution in [3.05, 3.63) is 0 Å². The lowest BCUT2D eigenvalue weighted by atomic mass is 9.90. The highest BCUT2D eigenvalue weighted by Crippen LogP contribution is 2.29. The molecule has 2 aliphatic heterocycles. The van der Waals surface area contributed by atoms with Gasteiger partial charge in [-0.3, -0.25) is 4.90 Å². The molecular formula is C12H22N2O2. The minimum absolute atomic E-state index is 0.417. The van der Waals surface area contributed by atoms with Crippen LogP contribution in [0.3, 0.4) is 0 Å². The first-order chi connectivity index (χ1) is 7.76. The zero-order valence-corrected chi connectivity index (χ0v) is 10.2. The first kappa shape index (κ1) is 11.9. The monoisotopic (exact) mass is 226 g/mol. The molecule has 2 saturated heterocycles. The van der Waals surface area contributed by atoms with E-state index in [1.807, 2.05) is 0 Å². The Balaban J connectivity index is 2.08. The third kappa shape index (κ3) is 2.23. The van der Waals surface area contributed by atoms with Gasteiger partial charge < -0.3 is 9.94 Å². The molecule has 16 heavy (non-hydrogen) atoms. The van der Waals surface area contributed by atoms with E-state index < -0.39 is 0 Å². The van der Waals surface area contributed by atoms with Crippen LogP contribution in [0.2, 0.25) is 0 Å². The van der Waals surface area contributed by atoms with Crippen LogP contribution in [0.25, 0.3) is 0 Å². The van der Waals surface area contributed by atoms with Gasteiger partial charge in [0, 0.05) is 31.0 Å². The van der Waals surface area contributed by atoms with Crippen molar-refractivity contribution in [2.45, 2.75) is 57.7 Å². The zero-order valence-electron chi connectivity index (χ0n) is 10.2. The summed E-state index contributed by atoms with van der Waals surface area (Å²) in [4.78, 5) is 2.58. The molecule has 0 saturated carbocycles. The van der Waals surface area contributed by atoms with Crippen LogP contribution in [0, 0.1) is 0 Å². The molecule has 4 nitrogen and oxygen atoms in total. The molecule has 3 atom stereocenters. The minimum Gasteiger partial charge on any atom is -0.411 e. The predicted octanol–water partition coefficient (Wildman–Crippen LogP) is 1.87. The minimum atomic E-state index is 0.417. The summed E-state index contributed by atoms with van der Waals surface area (Å²) in [6.45, 7) is 6.09. The molecule has 0 aromatic heterocycles. The Morgan fingerprint density at radius 1 is 1.44 bits per heavy atom. The number of rotatable bonds is 3. The Kier molecular flexibility index (Phi) is 3.82. The second-order valence-electron chi connectivity index (χ2n) is 5.00. The van der Waals surface area contributed by atoms with Crippen molar-refractivity contribution >= 4 is 5.71 Å². The highest BCUT2D eigenvalue weighted by atomic mass is 16.5. The van der Waals surface area contributed by atoms with Crippen molar-refractivity contribution < 1.29 is 9.94 Å². The summed E-state index contributed by atoms with van der Waals surface area (Å²) in [5.41, 5.74) is 0.943. The molecule has 0 radical (unpaired) electrons. The Morgan fingerprint density at radius 2 is 2.06 bits per heavy atom. The molecule has 2 fully saturated rings. The largest absolute Gasteiger partial charge is 0.411 e. The topological polar surface area (TPSA) is 45.1 Å². The van der Waals surface area contributed by atoms with Gasteiger partial charge in [0.1, 0.15) is 0 Å². The van der Waals surface area contributed by atoms with Gasteiger partial charge in [-0.1, -0.05) is 18.5 Å². The molecule has 0 aliphatic carbocycles. The summed E-state index contributed by atoms with van der Waals surface area (Å²) in [7, 11) is 0. The number of fused-ring (bicyclic) bond motifs is 2. The van der Waals surface area contributed by atoms with Crippen LogP contribution in [0.15, 0.2) is 5.16 Å². The Labute approximate surface area is 97.3 Å². The molecule has 2 rings (SSSR count). The average Bonchev–Trinajstić information content (AvgIpc) is 2.27. The number of morpholine rings is 1. The van der Waals surface area contributed by atoms with E-state index >= 15 is 0 Å².